The van der Waals surface area contributed by atoms with Gasteiger partial charge >= 0.3 is 0 Å². The van der Waals surface area contributed by atoms with Crippen LogP contribution in [0.2, 0.25) is 5.02 Å². The molecule has 0 bridgehead atoms. The molecule has 0 amide bonds. The highest BCUT2D eigenvalue weighted by molar-refractivity contribution is 7.99. The highest BCUT2D eigenvalue weighted by Gasteiger charge is 2.09. The SMILES string of the molecule is C=CCn1c(Sc2ccc(CNCc3ccc(Cl)cc3)cc2)cc2ccccc21. The number of nitrogens with zero attached hydrogens (tertiary/aromatic N) is 1. The summed E-state index contributed by atoms with van der Waals surface area (Å²) in [4.78, 5) is 1.24. The first kappa shape index (κ1) is 19.8. The summed E-state index contributed by atoms with van der Waals surface area (Å²) in [6.07, 6.45) is 1.95. The lowest BCUT2D eigenvalue weighted by Gasteiger charge is -2.09. The fourth-order valence-electron chi connectivity index (χ4n) is 3.34. The van der Waals surface area contributed by atoms with Gasteiger partial charge in [0.1, 0.15) is 0 Å². The van der Waals surface area contributed by atoms with Crippen molar-refractivity contribution < 1.29 is 0 Å². The zero-order valence-electron chi connectivity index (χ0n) is 16.1. The zero-order valence-corrected chi connectivity index (χ0v) is 17.7. The molecule has 0 saturated heterocycles. The van der Waals surface area contributed by atoms with Gasteiger partial charge in [-0.1, -0.05) is 71.9 Å². The van der Waals surface area contributed by atoms with E-state index >= 15 is 0 Å². The van der Waals surface area contributed by atoms with Gasteiger partial charge in [-0.2, -0.15) is 0 Å². The van der Waals surface area contributed by atoms with Gasteiger partial charge in [0.2, 0.25) is 0 Å². The Morgan fingerprint density at radius 3 is 2.24 bits per heavy atom. The molecule has 1 heterocycles. The van der Waals surface area contributed by atoms with E-state index in [1.807, 2.05) is 18.2 Å². The number of allylic oxidation sites excluding steroid dienone is 1. The number of benzene rings is 3. The normalized spacial score (nSPS) is 11.1. The minimum Gasteiger partial charge on any atom is -0.332 e. The Labute approximate surface area is 181 Å². The van der Waals surface area contributed by atoms with E-state index in [0.29, 0.717) is 0 Å². The van der Waals surface area contributed by atoms with E-state index in [4.69, 9.17) is 11.6 Å². The molecule has 0 atom stereocenters. The molecule has 0 aliphatic heterocycles. The molecule has 4 aromatic rings. The van der Waals surface area contributed by atoms with E-state index < -0.39 is 0 Å². The van der Waals surface area contributed by atoms with Crippen molar-refractivity contribution in [1.29, 1.82) is 0 Å². The van der Waals surface area contributed by atoms with Crippen molar-refractivity contribution in [3.8, 4) is 0 Å². The summed E-state index contributed by atoms with van der Waals surface area (Å²) in [5.41, 5.74) is 3.75. The zero-order chi connectivity index (χ0) is 20.1. The molecule has 0 spiro atoms. The van der Waals surface area contributed by atoms with Gasteiger partial charge in [0, 0.05) is 40.5 Å². The highest BCUT2D eigenvalue weighted by atomic mass is 35.5. The van der Waals surface area contributed by atoms with Gasteiger partial charge in [0.15, 0.2) is 0 Å². The summed E-state index contributed by atoms with van der Waals surface area (Å²) in [5, 5.41) is 6.76. The van der Waals surface area contributed by atoms with Gasteiger partial charge in [-0.05, 0) is 47.5 Å². The summed E-state index contributed by atoms with van der Waals surface area (Å²) in [6.45, 7) is 6.39. The first-order valence-electron chi connectivity index (χ1n) is 9.64. The molecule has 0 fully saturated rings. The lowest BCUT2D eigenvalue weighted by Crippen LogP contribution is -2.12. The van der Waals surface area contributed by atoms with E-state index in [-0.39, 0.29) is 0 Å². The molecule has 0 aliphatic carbocycles. The quantitative estimate of drug-likeness (QED) is 0.313. The predicted octanol–water partition coefficient (Wildman–Crippen LogP) is 6.92. The standard InChI is InChI=1S/C25H23ClN2S/c1-2-15-28-24-6-4-3-5-21(24)16-25(28)29-23-13-9-20(10-14-23)18-27-17-19-7-11-22(26)12-8-19/h2-14,16,27H,1,15,17-18H2. The van der Waals surface area contributed by atoms with Crippen LogP contribution in [0.1, 0.15) is 11.1 Å². The number of fused-ring (bicyclic) bond motifs is 1. The number of hydrogen-bond acceptors (Lipinski definition) is 2. The number of rotatable bonds is 8. The predicted molar refractivity (Wildman–Crippen MR) is 125 cm³/mol. The number of halogens is 1. The lowest BCUT2D eigenvalue weighted by atomic mass is 10.2. The molecule has 0 unspecified atom stereocenters. The Morgan fingerprint density at radius 1 is 0.897 bits per heavy atom. The third-order valence-corrected chi connectivity index (χ3v) is 6.11. The molecule has 4 rings (SSSR count). The Morgan fingerprint density at radius 2 is 1.55 bits per heavy atom. The summed E-state index contributed by atoms with van der Waals surface area (Å²) >= 11 is 7.73. The van der Waals surface area contributed by atoms with Gasteiger partial charge in [-0.25, -0.2) is 0 Å². The third kappa shape index (κ3) is 4.94. The van der Waals surface area contributed by atoms with Crippen molar-refractivity contribution in [1.82, 2.24) is 9.88 Å². The van der Waals surface area contributed by atoms with Crippen LogP contribution in [0.4, 0.5) is 0 Å². The van der Waals surface area contributed by atoms with E-state index in [9.17, 15) is 0 Å². The van der Waals surface area contributed by atoms with Crippen molar-refractivity contribution in [3.05, 3.63) is 108 Å². The third-order valence-electron chi connectivity index (χ3n) is 4.80. The van der Waals surface area contributed by atoms with Crippen molar-refractivity contribution >= 4 is 34.3 Å². The number of para-hydroxylation sites is 1. The Kier molecular flexibility index (Phi) is 6.40. The summed E-state index contributed by atoms with van der Waals surface area (Å²) in [6, 6.07) is 27.5. The summed E-state index contributed by atoms with van der Waals surface area (Å²) in [7, 11) is 0. The summed E-state index contributed by atoms with van der Waals surface area (Å²) in [5.74, 6) is 0. The maximum Gasteiger partial charge on any atom is 0.0810 e. The first-order chi connectivity index (χ1) is 14.2. The fourth-order valence-corrected chi connectivity index (χ4v) is 4.45. The molecule has 4 heteroatoms. The van der Waals surface area contributed by atoms with Crippen LogP contribution >= 0.6 is 23.4 Å². The van der Waals surface area contributed by atoms with Crippen LogP contribution in [0, 0.1) is 0 Å². The van der Waals surface area contributed by atoms with Crippen molar-refractivity contribution in [2.45, 2.75) is 29.6 Å². The molecule has 0 radical (unpaired) electrons. The van der Waals surface area contributed by atoms with Crippen LogP contribution in [-0.4, -0.2) is 4.57 Å². The molecule has 29 heavy (non-hydrogen) atoms. The van der Waals surface area contributed by atoms with Crippen LogP contribution in [0.3, 0.4) is 0 Å². The topological polar surface area (TPSA) is 17.0 Å². The van der Waals surface area contributed by atoms with Crippen molar-refractivity contribution in [3.63, 3.8) is 0 Å². The Hall–Kier alpha value is -2.46. The van der Waals surface area contributed by atoms with E-state index in [0.717, 1.165) is 24.7 Å². The minimum atomic E-state index is 0.772. The summed E-state index contributed by atoms with van der Waals surface area (Å²) < 4.78 is 2.31. The minimum absolute atomic E-state index is 0.772. The average Bonchev–Trinajstić information content (AvgIpc) is 3.08. The van der Waals surface area contributed by atoms with Gasteiger partial charge < -0.3 is 9.88 Å². The van der Waals surface area contributed by atoms with Crippen molar-refractivity contribution in [2.75, 3.05) is 0 Å². The lowest BCUT2D eigenvalue weighted by molar-refractivity contribution is 0.693. The van der Waals surface area contributed by atoms with Crippen LogP contribution in [0.5, 0.6) is 0 Å². The monoisotopic (exact) mass is 418 g/mol. The second kappa shape index (κ2) is 9.36. The van der Waals surface area contributed by atoms with E-state index in [1.54, 1.807) is 11.8 Å². The molecular weight excluding hydrogens is 396 g/mol. The van der Waals surface area contributed by atoms with Gasteiger partial charge in [-0.3, -0.25) is 0 Å². The maximum atomic E-state index is 5.94. The number of nitrogens with one attached hydrogen (secondary N) is 1. The Balaban J connectivity index is 1.40. The molecule has 2 nitrogen and oxygen atoms in total. The van der Waals surface area contributed by atoms with Crippen LogP contribution in [-0.2, 0) is 19.6 Å². The Bertz CT molecular complexity index is 1100. The van der Waals surface area contributed by atoms with Crippen LogP contribution in [0.25, 0.3) is 10.9 Å². The van der Waals surface area contributed by atoms with Gasteiger partial charge in [-0.15, -0.1) is 6.58 Å². The van der Waals surface area contributed by atoms with E-state index in [2.05, 4.69) is 83.2 Å². The highest BCUT2D eigenvalue weighted by Crippen LogP contribution is 2.33. The molecule has 146 valence electrons. The molecule has 0 saturated carbocycles. The van der Waals surface area contributed by atoms with Crippen LogP contribution < -0.4 is 5.32 Å². The fraction of sp³-hybridized carbons (Fsp3) is 0.120. The molecule has 1 aromatic heterocycles. The molecule has 1 N–H and O–H groups in total. The molecule has 3 aromatic carbocycles. The maximum absolute atomic E-state index is 5.94. The number of hydrogen-bond donors (Lipinski definition) is 1. The second-order valence-corrected chi connectivity index (χ2v) is 8.45. The molecular formula is C25H23ClN2S. The van der Waals surface area contributed by atoms with Crippen molar-refractivity contribution in [2.24, 2.45) is 0 Å². The smallest absolute Gasteiger partial charge is 0.0810 e. The largest absolute Gasteiger partial charge is 0.332 e. The molecule has 0 aliphatic rings. The van der Waals surface area contributed by atoms with E-state index in [1.165, 1.54) is 32.0 Å². The van der Waals surface area contributed by atoms with Gasteiger partial charge in [0.25, 0.3) is 0 Å². The average molecular weight is 419 g/mol. The van der Waals surface area contributed by atoms with Crippen LogP contribution in [0.15, 0.2) is 101 Å². The first-order valence-corrected chi connectivity index (χ1v) is 10.8. The second-order valence-electron chi connectivity index (χ2n) is 6.92. The van der Waals surface area contributed by atoms with Gasteiger partial charge in [0.05, 0.1) is 5.03 Å². The number of aromatic nitrogens is 1.